The van der Waals surface area contributed by atoms with Gasteiger partial charge in [0, 0.05) is 6.07 Å². The molecule has 0 bridgehead atoms. The quantitative estimate of drug-likeness (QED) is 0.778. The average Bonchev–Trinajstić information content (AvgIpc) is 2.95. The van der Waals surface area contributed by atoms with Gasteiger partial charge in [0.25, 0.3) is 10.0 Å². The van der Waals surface area contributed by atoms with Crippen LogP contribution in [0.3, 0.4) is 0 Å². The molecule has 25 heavy (non-hydrogen) atoms. The minimum Gasteiger partial charge on any atom is -0.263 e. The number of para-hydroxylation sites is 1. The Balaban J connectivity index is 2.00. The lowest BCUT2D eigenvalue weighted by Crippen LogP contribution is -2.16. The van der Waals surface area contributed by atoms with Gasteiger partial charge in [-0.25, -0.2) is 17.5 Å². The van der Waals surface area contributed by atoms with Crippen LogP contribution in [-0.4, -0.2) is 18.2 Å². The first kappa shape index (κ1) is 16.7. The molecule has 0 atom stereocenters. The van der Waals surface area contributed by atoms with Crippen LogP contribution in [-0.2, 0) is 10.0 Å². The average molecular weight is 356 g/mol. The van der Waals surface area contributed by atoms with Crippen LogP contribution >= 0.6 is 0 Å². The zero-order chi connectivity index (χ0) is 18.0. The van der Waals surface area contributed by atoms with Crippen LogP contribution < -0.4 is 4.72 Å². The van der Waals surface area contributed by atoms with Gasteiger partial charge in [0.1, 0.15) is 17.7 Å². The molecule has 0 spiro atoms. The molecule has 0 amide bonds. The molecular formula is C17H13FN4O2S. The van der Waals surface area contributed by atoms with Gasteiger partial charge in [0.05, 0.1) is 21.8 Å². The second-order valence-electron chi connectivity index (χ2n) is 5.28. The van der Waals surface area contributed by atoms with Crippen molar-refractivity contribution in [1.82, 2.24) is 9.78 Å². The first-order chi connectivity index (χ1) is 11.9. The Hall–Kier alpha value is -3.18. The van der Waals surface area contributed by atoms with Crippen molar-refractivity contribution in [3.63, 3.8) is 0 Å². The number of aryl methyl sites for hydroxylation is 1. The lowest BCUT2D eigenvalue weighted by atomic mass is 10.2. The van der Waals surface area contributed by atoms with E-state index in [1.807, 2.05) is 6.07 Å². The number of sulfonamides is 1. The Morgan fingerprint density at radius 2 is 1.88 bits per heavy atom. The summed E-state index contributed by atoms with van der Waals surface area (Å²) in [4.78, 5) is -0.275. The predicted octanol–water partition coefficient (Wildman–Crippen LogP) is 2.99. The summed E-state index contributed by atoms with van der Waals surface area (Å²) in [5.41, 5.74) is 1.08. The van der Waals surface area contributed by atoms with Crippen LogP contribution in [0, 0.1) is 24.1 Å². The monoisotopic (exact) mass is 356 g/mol. The third-order valence-electron chi connectivity index (χ3n) is 3.44. The van der Waals surface area contributed by atoms with Gasteiger partial charge in [-0.15, -0.1) is 0 Å². The van der Waals surface area contributed by atoms with Gasteiger partial charge in [0.15, 0.2) is 0 Å². The molecule has 126 valence electrons. The number of benzene rings is 2. The molecule has 8 heteroatoms. The highest BCUT2D eigenvalue weighted by Crippen LogP contribution is 2.22. The van der Waals surface area contributed by atoms with Crippen LogP contribution in [0.4, 0.5) is 10.2 Å². The Bertz CT molecular complexity index is 1070. The number of aromatic nitrogens is 2. The van der Waals surface area contributed by atoms with Gasteiger partial charge in [-0.2, -0.15) is 10.4 Å². The second kappa shape index (κ2) is 6.37. The van der Waals surface area contributed by atoms with Gasteiger partial charge >= 0.3 is 0 Å². The molecule has 2 aromatic carbocycles. The highest BCUT2D eigenvalue weighted by Gasteiger charge is 2.19. The normalized spacial score (nSPS) is 11.1. The number of rotatable bonds is 4. The molecule has 0 aliphatic heterocycles. The minimum atomic E-state index is -4.04. The molecule has 0 aliphatic carbocycles. The highest BCUT2D eigenvalue weighted by atomic mass is 32.2. The van der Waals surface area contributed by atoms with E-state index in [0.717, 1.165) is 12.1 Å². The number of hydrogen-bond donors (Lipinski definition) is 1. The fourth-order valence-corrected chi connectivity index (χ4v) is 3.33. The van der Waals surface area contributed by atoms with E-state index in [1.54, 1.807) is 43.3 Å². The van der Waals surface area contributed by atoms with Crippen molar-refractivity contribution in [1.29, 1.82) is 5.26 Å². The zero-order valence-corrected chi connectivity index (χ0v) is 14.0. The first-order valence-corrected chi connectivity index (χ1v) is 8.73. The van der Waals surface area contributed by atoms with E-state index in [2.05, 4.69) is 9.82 Å². The molecule has 0 fully saturated rings. The summed E-state index contributed by atoms with van der Waals surface area (Å²) in [6.07, 6.45) is 0. The third kappa shape index (κ3) is 3.36. The Morgan fingerprint density at radius 1 is 1.16 bits per heavy atom. The fourth-order valence-electron chi connectivity index (χ4n) is 2.29. The first-order valence-electron chi connectivity index (χ1n) is 7.25. The molecule has 0 saturated carbocycles. The largest absolute Gasteiger partial charge is 0.263 e. The van der Waals surface area contributed by atoms with Gasteiger partial charge in [-0.1, -0.05) is 18.2 Å². The third-order valence-corrected chi connectivity index (χ3v) is 4.79. The maximum absolute atomic E-state index is 13.7. The fraction of sp³-hybridized carbons (Fsp3) is 0.0588. The summed E-state index contributed by atoms with van der Waals surface area (Å²) >= 11 is 0. The van der Waals surface area contributed by atoms with E-state index in [4.69, 9.17) is 5.26 Å². The second-order valence-corrected chi connectivity index (χ2v) is 6.96. The van der Waals surface area contributed by atoms with Crippen molar-refractivity contribution in [3.8, 4) is 11.8 Å². The topological polar surface area (TPSA) is 87.8 Å². The molecule has 1 heterocycles. The summed E-state index contributed by atoms with van der Waals surface area (Å²) in [6, 6.07) is 15.4. The lowest BCUT2D eigenvalue weighted by molar-refractivity contribution is 0.594. The van der Waals surface area contributed by atoms with Gasteiger partial charge in [0.2, 0.25) is 0 Å². The molecule has 1 aromatic heterocycles. The summed E-state index contributed by atoms with van der Waals surface area (Å²) in [7, 11) is -4.04. The SMILES string of the molecule is Cc1cc(NS(=O)(=O)c2ccc(C#N)c(F)c2)n(-c2ccccc2)n1. The molecule has 0 saturated heterocycles. The van der Waals surface area contributed by atoms with E-state index < -0.39 is 15.8 Å². The molecule has 0 aliphatic rings. The molecule has 3 aromatic rings. The summed E-state index contributed by atoms with van der Waals surface area (Å²) in [5.74, 6) is -0.661. The van der Waals surface area contributed by atoms with E-state index in [0.29, 0.717) is 11.4 Å². The smallest absolute Gasteiger partial charge is 0.263 e. The van der Waals surface area contributed by atoms with Crippen molar-refractivity contribution < 1.29 is 12.8 Å². The lowest BCUT2D eigenvalue weighted by Gasteiger charge is -2.11. The standard InChI is InChI=1S/C17H13FN4O2S/c1-12-9-17(22(20-12)14-5-3-2-4-6-14)21-25(23,24)15-8-7-13(11-19)16(18)10-15/h2-10,21H,1H3. The maximum Gasteiger partial charge on any atom is 0.263 e. The number of hydrogen-bond acceptors (Lipinski definition) is 4. The van der Waals surface area contributed by atoms with Gasteiger partial charge in [-0.3, -0.25) is 4.72 Å². The number of nitriles is 1. The van der Waals surface area contributed by atoms with Crippen molar-refractivity contribution in [2.24, 2.45) is 0 Å². The zero-order valence-electron chi connectivity index (χ0n) is 13.1. The predicted molar refractivity (Wildman–Crippen MR) is 90.2 cm³/mol. The van der Waals surface area contributed by atoms with Crippen LogP contribution in [0.25, 0.3) is 5.69 Å². The molecule has 1 N–H and O–H groups in total. The molecule has 6 nitrogen and oxygen atoms in total. The number of nitrogens with zero attached hydrogens (tertiary/aromatic N) is 3. The van der Waals surface area contributed by atoms with E-state index in [1.165, 1.54) is 10.7 Å². The van der Waals surface area contributed by atoms with Crippen LogP contribution in [0.2, 0.25) is 0 Å². The molecule has 0 unspecified atom stereocenters. The van der Waals surface area contributed by atoms with Crippen LogP contribution in [0.15, 0.2) is 59.5 Å². The van der Waals surface area contributed by atoms with Crippen molar-refractivity contribution in [2.75, 3.05) is 4.72 Å². The Kier molecular flexibility index (Phi) is 4.25. The summed E-state index contributed by atoms with van der Waals surface area (Å²) in [5, 5.41) is 13.0. The number of nitrogens with one attached hydrogen (secondary N) is 1. The molecular weight excluding hydrogens is 343 g/mol. The van der Waals surface area contributed by atoms with Crippen LogP contribution in [0.1, 0.15) is 11.3 Å². The van der Waals surface area contributed by atoms with Crippen molar-refractivity contribution in [2.45, 2.75) is 11.8 Å². The summed E-state index contributed by atoms with van der Waals surface area (Å²) in [6.45, 7) is 1.73. The molecule has 0 radical (unpaired) electrons. The van der Waals surface area contributed by atoms with Crippen molar-refractivity contribution in [3.05, 3.63) is 71.7 Å². The molecule has 3 rings (SSSR count). The van der Waals surface area contributed by atoms with Crippen LogP contribution in [0.5, 0.6) is 0 Å². The van der Waals surface area contributed by atoms with E-state index in [9.17, 15) is 12.8 Å². The van der Waals surface area contributed by atoms with Crippen molar-refractivity contribution >= 4 is 15.8 Å². The number of halogens is 1. The van der Waals surface area contributed by atoms with E-state index >= 15 is 0 Å². The maximum atomic E-state index is 13.7. The minimum absolute atomic E-state index is 0.218. The highest BCUT2D eigenvalue weighted by molar-refractivity contribution is 7.92. The Labute approximate surface area is 144 Å². The van der Waals surface area contributed by atoms with E-state index in [-0.39, 0.29) is 16.3 Å². The number of anilines is 1. The summed E-state index contributed by atoms with van der Waals surface area (Å²) < 4.78 is 42.7. The van der Waals surface area contributed by atoms with Gasteiger partial charge < -0.3 is 0 Å². The Morgan fingerprint density at radius 3 is 2.52 bits per heavy atom. The van der Waals surface area contributed by atoms with Gasteiger partial charge in [-0.05, 0) is 37.3 Å².